The van der Waals surface area contributed by atoms with E-state index in [4.69, 9.17) is 16.3 Å². The minimum absolute atomic E-state index is 0.267. The first kappa shape index (κ1) is 14.4. The standard InChI is InChI=1S/C15H20ClNO2/c1-2-3-14(18)9-17-8-11-6-12-7-13(16)4-5-15(12)19-10-11/h4-7,14,17-18H,2-3,8-10H2,1H3. The van der Waals surface area contributed by atoms with Crippen LogP contribution < -0.4 is 10.1 Å². The lowest BCUT2D eigenvalue weighted by atomic mass is 10.1. The van der Waals surface area contributed by atoms with Crippen molar-refractivity contribution in [2.24, 2.45) is 0 Å². The van der Waals surface area contributed by atoms with Gasteiger partial charge in [0.25, 0.3) is 0 Å². The molecule has 4 heteroatoms. The zero-order chi connectivity index (χ0) is 13.7. The predicted molar refractivity (Wildman–Crippen MR) is 78.7 cm³/mol. The van der Waals surface area contributed by atoms with Crippen LogP contribution in [0, 0.1) is 0 Å². The molecular formula is C15H20ClNO2. The lowest BCUT2D eigenvalue weighted by molar-refractivity contribution is 0.161. The third kappa shape index (κ3) is 4.23. The van der Waals surface area contributed by atoms with Crippen LogP contribution in [0.15, 0.2) is 23.8 Å². The Bertz CT molecular complexity index is 459. The highest BCUT2D eigenvalue weighted by atomic mass is 35.5. The van der Waals surface area contributed by atoms with Gasteiger partial charge in [0.05, 0.1) is 6.10 Å². The largest absolute Gasteiger partial charge is 0.489 e. The van der Waals surface area contributed by atoms with Crippen LogP contribution in [-0.4, -0.2) is 30.9 Å². The third-order valence-corrected chi connectivity index (χ3v) is 3.33. The fraction of sp³-hybridized carbons (Fsp3) is 0.467. The van der Waals surface area contributed by atoms with E-state index >= 15 is 0 Å². The fourth-order valence-electron chi connectivity index (χ4n) is 2.13. The Morgan fingerprint density at radius 1 is 1.47 bits per heavy atom. The summed E-state index contributed by atoms with van der Waals surface area (Å²) in [6, 6.07) is 5.63. The van der Waals surface area contributed by atoms with Crippen molar-refractivity contribution in [2.45, 2.75) is 25.9 Å². The molecule has 0 amide bonds. The molecule has 3 nitrogen and oxygen atoms in total. The van der Waals surface area contributed by atoms with Crippen molar-refractivity contribution in [3.8, 4) is 5.75 Å². The van der Waals surface area contributed by atoms with E-state index in [1.807, 2.05) is 18.2 Å². The highest BCUT2D eigenvalue weighted by Gasteiger charge is 2.11. The van der Waals surface area contributed by atoms with Crippen molar-refractivity contribution in [1.29, 1.82) is 0 Å². The number of hydrogen-bond acceptors (Lipinski definition) is 3. The summed E-state index contributed by atoms with van der Waals surface area (Å²) < 4.78 is 5.67. The Balaban J connectivity index is 1.89. The van der Waals surface area contributed by atoms with Crippen LogP contribution in [0.4, 0.5) is 0 Å². The van der Waals surface area contributed by atoms with Gasteiger partial charge in [0, 0.05) is 23.7 Å². The summed E-state index contributed by atoms with van der Waals surface area (Å²) in [5.74, 6) is 0.874. The lowest BCUT2D eigenvalue weighted by Crippen LogP contribution is -2.29. The first-order valence-electron chi connectivity index (χ1n) is 6.69. The van der Waals surface area contributed by atoms with Crippen molar-refractivity contribution in [3.63, 3.8) is 0 Å². The van der Waals surface area contributed by atoms with Crippen molar-refractivity contribution in [2.75, 3.05) is 19.7 Å². The second-order valence-corrected chi connectivity index (χ2v) is 5.28. The topological polar surface area (TPSA) is 41.5 Å². The first-order valence-corrected chi connectivity index (χ1v) is 7.07. The molecule has 0 saturated heterocycles. The predicted octanol–water partition coefficient (Wildman–Crippen LogP) is 2.87. The average molecular weight is 282 g/mol. The van der Waals surface area contributed by atoms with Gasteiger partial charge < -0.3 is 15.2 Å². The molecule has 1 atom stereocenters. The van der Waals surface area contributed by atoms with Gasteiger partial charge in [-0.2, -0.15) is 0 Å². The number of fused-ring (bicyclic) bond motifs is 1. The van der Waals surface area contributed by atoms with Gasteiger partial charge in [0.15, 0.2) is 0 Å². The molecule has 0 aliphatic carbocycles. The monoisotopic (exact) mass is 281 g/mol. The summed E-state index contributed by atoms with van der Waals surface area (Å²) in [6.45, 7) is 4.01. The van der Waals surface area contributed by atoms with Gasteiger partial charge in [-0.15, -0.1) is 0 Å². The van der Waals surface area contributed by atoms with Crippen LogP contribution in [0.5, 0.6) is 5.75 Å². The minimum Gasteiger partial charge on any atom is -0.489 e. The highest BCUT2D eigenvalue weighted by molar-refractivity contribution is 6.30. The Labute approximate surface area is 119 Å². The molecule has 1 unspecified atom stereocenters. The average Bonchev–Trinajstić information content (AvgIpc) is 2.38. The molecule has 1 aliphatic heterocycles. The normalized spacial score (nSPS) is 15.4. The summed E-state index contributed by atoms with van der Waals surface area (Å²) >= 11 is 5.97. The van der Waals surface area contributed by atoms with Crippen LogP contribution in [-0.2, 0) is 0 Å². The number of ether oxygens (including phenoxy) is 1. The van der Waals surface area contributed by atoms with E-state index < -0.39 is 0 Å². The van der Waals surface area contributed by atoms with Crippen molar-refractivity contribution in [1.82, 2.24) is 5.32 Å². The summed E-state index contributed by atoms with van der Waals surface area (Å²) in [4.78, 5) is 0. The van der Waals surface area contributed by atoms with Crippen LogP contribution in [0.25, 0.3) is 6.08 Å². The van der Waals surface area contributed by atoms with Crippen LogP contribution in [0.1, 0.15) is 25.3 Å². The molecule has 19 heavy (non-hydrogen) atoms. The smallest absolute Gasteiger partial charge is 0.127 e. The molecule has 0 spiro atoms. The van der Waals surface area contributed by atoms with E-state index in [2.05, 4.69) is 18.3 Å². The zero-order valence-corrected chi connectivity index (χ0v) is 11.9. The summed E-state index contributed by atoms with van der Waals surface area (Å²) in [5, 5.41) is 13.6. The molecule has 2 rings (SSSR count). The number of benzene rings is 1. The molecule has 0 aromatic heterocycles. The van der Waals surface area contributed by atoms with E-state index in [9.17, 15) is 5.11 Å². The lowest BCUT2D eigenvalue weighted by Gasteiger charge is -2.19. The van der Waals surface area contributed by atoms with Crippen molar-refractivity contribution in [3.05, 3.63) is 34.4 Å². The second-order valence-electron chi connectivity index (χ2n) is 4.85. The maximum absolute atomic E-state index is 9.64. The maximum Gasteiger partial charge on any atom is 0.127 e. The molecule has 0 fully saturated rings. The zero-order valence-electron chi connectivity index (χ0n) is 11.2. The molecule has 104 valence electrons. The van der Waals surface area contributed by atoms with E-state index in [0.717, 1.165) is 30.7 Å². The van der Waals surface area contributed by atoms with Gasteiger partial charge in [-0.25, -0.2) is 0 Å². The number of rotatable bonds is 6. The molecule has 1 aromatic rings. The van der Waals surface area contributed by atoms with Gasteiger partial charge in [-0.1, -0.05) is 24.9 Å². The molecule has 1 aliphatic rings. The fourth-order valence-corrected chi connectivity index (χ4v) is 2.31. The second kappa shape index (κ2) is 6.94. The van der Waals surface area contributed by atoms with Crippen LogP contribution >= 0.6 is 11.6 Å². The van der Waals surface area contributed by atoms with E-state index in [0.29, 0.717) is 18.2 Å². The third-order valence-electron chi connectivity index (χ3n) is 3.10. The number of hydrogen-bond donors (Lipinski definition) is 2. The molecule has 1 heterocycles. The molecule has 1 aromatic carbocycles. The number of aliphatic hydroxyl groups is 1. The van der Waals surface area contributed by atoms with Gasteiger partial charge in [0.2, 0.25) is 0 Å². The number of nitrogens with one attached hydrogen (secondary N) is 1. The van der Waals surface area contributed by atoms with Gasteiger partial charge in [-0.05, 0) is 36.3 Å². The highest BCUT2D eigenvalue weighted by Crippen LogP contribution is 2.28. The van der Waals surface area contributed by atoms with Gasteiger partial charge in [-0.3, -0.25) is 0 Å². The molecule has 0 bridgehead atoms. The van der Waals surface area contributed by atoms with Crippen LogP contribution in [0.3, 0.4) is 0 Å². The Hall–Kier alpha value is -1.03. The van der Waals surface area contributed by atoms with Crippen molar-refractivity contribution < 1.29 is 9.84 Å². The maximum atomic E-state index is 9.64. The number of halogens is 1. The van der Waals surface area contributed by atoms with Gasteiger partial charge >= 0.3 is 0 Å². The van der Waals surface area contributed by atoms with Crippen molar-refractivity contribution >= 4 is 17.7 Å². The SMILES string of the molecule is CCCC(O)CNCC1=Cc2cc(Cl)ccc2OC1. The Kier molecular flexibility index (Phi) is 5.25. The Morgan fingerprint density at radius 3 is 3.11 bits per heavy atom. The molecule has 2 N–H and O–H groups in total. The number of aliphatic hydroxyl groups excluding tert-OH is 1. The molecular weight excluding hydrogens is 262 g/mol. The quantitative estimate of drug-likeness (QED) is 0.842. The van der Waals surface area contributed by atoms with E-state index in [-0.39, 0.29) is 6.10 Å². The first-order chi connectivity index (χ1) is 9.19. The summed E-state index contributed by atoms with van der Waals surface area (Å²) in [6.07, 6.45) is 3.67. The molecule has 0 saturated carbocycles. The molecule has 0 radical (unpaired) electrons. The minimum atomic E-state index is -0.267. The van der Waals surface area contributed by atoms with E-state index in [1.165, 1.54) is 5.57 Å². The Morgan fingerprint density at radius 2 is 2.32 bits per heavy atom. The van der Waals surface area contributed by atoms with E-state index in [1.54, 1.807) is 0 Å². The summed E-state index contributed by atoms with van der Waals surface area (Å²) in [7, 11) is 0. The van der Waals surface area contributed by atoms with Crippen LogP contribution in [0.2, 0.25) is 5.02 Å². The van der Waals surface area contributed by atoms with Gasteiger partial charge in [0.1, 0.15) is 12.4 Å². The summed E-state index contributed by atoms with van der Waals surface area (Å²) in [5.41, 5.74) is 2.18.